The molecule has 1 aliphatic rings. The van der Waals surface area contributed by atoms with Gasteiger partial charge in [0.1, 0.15) is 6.54 Å². The molecule has 1 aromatic heterocycles. The normalized spacial score (nSPS) is 18.7. The largest absolute Gasteiger partial charge is 0.336 e. The maximum Gasteiger partial charge on any atom is 0.244 e. The van der Waals surface area contributed by atoms with Gasteiger partial charge in [-0.05, 0) is 17.4 Å². The number of carbonyl (C=O) groups is 1. The zero-order valence-electron chi connectivity index (χ0n) is 11.9. The molecule has 1 atom stereocenters. The first-order valence-electron chi connectivity index (χ1n) is 7.07. The topological polar surface area (TPSA) is 75.9 Å². The minimum atomic E-state index is 0.0495. The average Bonchev–Trinajstić information content (AvgIpc) is 2.96. The van der Waals surface area contributed by atoms with Crippen LogP contribution in [0.25, 0.3) is 11.4 Å². The molecule has 0 bridgehead atoms. The van der Waals surface area contributed by atoms with E-state index >= 15 is 0 Å². The van der Waals surface area contributed by atoms with E-state index in [4.69, 9.17) is 0 Å². The fourth-order valence-electron chi connectivity index (χ4n) is 2.54. The minimum absolute atomic E-state index is 0.0495. The molecular weight excluding hydrogens is 268 g/mol. The van der Waals surface area contributed by atoms with E-state index < -0.39 is 0 Å². The SMILES string of the molecule is C[C@H]1CNCCN1C(=O)Cn1nnnc1-c1ccccc1. The Bertz CT molecular complexity index is 611. The summed E-state index contributed by atoms with van der Waals surface area (Å²) in [5.74, 6) is 0.667. The lowest BCUT2D eigenvalue weighted by molar-refractivity contribution is -0.134. The summed E-state index contributed by atoms with van der Waals surface area (Å²) in [6.07, 6.45) is 0. The Morgan fingerprint density at radius 2 is 2.19 bits per heavy atom. The van der Waals surface area contributed by atoms with Gasteiger partial charge in [-0.25, -0.2) is 4.68 Å². The molecule has 7 nitrogen and oxygen atoms in total. The molecule has 110 valence electrons. The van der Waals surface area contributed by atoms with Crippen molar-refractivity contribution in [2.45, 2.75) is 19.5 Å². The lowest BCUT2D eigenvalue weighted by Crippen LogP contribution is -2.53. The molecule has 0 unspecified atom stereocenters. The number of nitrogens with one attached hydrogen (secondary N) is 1. The van der Waals surface area contributed by atoms with E-state index in [1.807, 2.05) is 42.2 Å². The fourth-order valence-corrected chi connectivity index (χ4v) is 2.54. The first-order valence-corrected chi connectivity index (χ1v) is 7.07. The monoisotopic (exact) mass is 286 g/mol. The quantitative estimate of drug-likeness (QED) is 0.870. The van der Waals surface area contributed by atoms with Crippen molar-refractivity contribution < 1.29 is 4.79 Å². The van der Waals surface area contributed by atoms with Gasteiger partial charge in [-0.2, -0.15) is 0 Å². The molecule has 1 aromatic carbocycles. The maximum atomic E-state index is 12.4. The number of tetrazole rings is 1. The van der Waals surface area contributed by atoms with Gasteiger partial charge in [0.2, 0.25) is 5.91 Å². The molecule has 2 aromatic rings. The third-order valence-electron chi connectivity index (χ3n) is 3.67. The van der Waals surface area contributed by atoms with Crippen molar-refractivity contribution in [1.82, 2.24) is 30.4 Å². The molecule has 1 amide bonds. The van der Waals surface area contributed by atoms with Gasteiger partial charge < -0.3 is 10.2 Å². The Hall–Kier alpha value is -2.28. The van der Waals surface area contributed by atoms with Crippen LogP contribution >= 0.6 is 0 Å². The van der Waals surface area contributed by atoms with Crippen molar-refractivity contribution in [2.24, 2.45) is 0 Å². The summed E-state index contributed by atoms with van der Waals surface area (Å²) >= 11 is 0. The van der Waals surface area contributed by atoms with Crippen molar-refractivity contribution in [3.8, 4) is 11.4 Å². The number of rotatable bonds is 3. The zero-order valence-corrected chi connectivity index (χ0v) is 11.9. The van der Waals surface area contributed by atoms with Gasteiger partial charge in [0, 0.05) is 31.2 Å². The number of aromatic nitrogens is 4. The van der Waals surface area contributed by atoms with Crippen LogP contribution in [0.5, 0.6) is 0 Å². The predicted molar refractivity (Wildman–Crippen MR) is 77.3 cm³/mol. The van der Waals surface area contributed by atoms with Crippen LogP contribution in [0.1, 0.15) is 6.92 Å². The van der Waals surface area contributed by atoms with Crippen molar-refractivity contribution in [2.75, 3.05) is 19.6 Å². The third kappa shape index (κ3) is 2.92. The number of nitrogens with zero attached hydrogens (tertiary/aromatic N) is 5. The second-order valence-corrected chi connectivity index (χ2v) is 5.17. The van der Waals surface area contributed by atoms with Crippen LogP contribution in [0.3, 0.4) is 0 Å². The molecule has 2 heterocycles. The molecule has 1 saturated heterocycles. The standard InChI is InChI=1S/C14H18N6O/c1-11-9-15-7-8-19(11)13(21)10-20-14(16-17-18-20)12-5-3-2-4-6-12/h2-6,11,15H,7-10H2,1H3/t11-/m0/s1. The van der Waals surface area contributed by atoms with Crippen LogP contribution in [-0.4, -0.2) is 56.7 Å². The minimum Gasteiger partial charge on any atom is -0.336 e. The highest BCUT2D eigenvalue weighted by molar-refractivity contribution is 5.77. The Morgan fingerprint density at radius 1 is 1.38 bits per heavy atom. The maximum absolute atomic E-state index is 12.4. The number of hydrogen-bond donors (Lipinski definition) is 1. The molecule has 3 rings (SSSR count). The molecule has 21 heavy (non-hydrogen) atoms. The van der Waals surface area contributed by atoms with E-state index in [1.165, 1.54) is 0 Å². The summed E-state index contributed by atoms with van der Waals surface area (Å²) in [5.41, 5.74) is 0.906. The Labute approximate surface area is 122 Å². The highest BCUT2D eigenvalue weighted by atomic mass is 16.2. The van der Waals surface area contributed by atoms with Gasteiger partial charge >= 0.3 is 0 Å². The van der Waals surface area contributed by atoms with Gasteiger partial charge in [-0.3, -0.25) is 4.79 Å². The number of hydrogen-bond acceptors (Lipinski definition) is 5. The molecule has 0 spiro atoms. The van der Waals surface area contributed by atoms with Crippen LogP contribution < -0.4 is 5.32 Å². The van der Waals surface area contributed by atoms with Gasteiger partial charge in [-0.15, -0.1) is 5.10 Å². The average molecular weight is 286 g/mol. The van der Waals surface area contributed by atoms with Gasteiger partial charge in [0.25, 0.3) is 0 Å². The second-order valence-electron chi connectivity index (χ2n) is 5.17. The summed E-state index contributed by atoms with van der Waals surface area (Å²) < 4.78 is 1.56. The van der Waals surface area contributed by atoms with Crippen LogP contribution in [-0.2, 0) is 11.3 Å². The first kappa shape index (κ1) is 13.7. The van der Waals surface area contributed by atoms with Crippen molar-refractivity contribution >= 4 is 5.91 Å². The lowest BCUT2D eigenvalue weighted by atomic mass is 10.2. The molecule has 1 N–H and O–H groups in total. The fraction of sp³-hybridized carbons (Fsp3) is 0.429. The number of piperazine rings is 1. The molecule has 7 heteroatoms. The van der Waals surface area contributed by atoms with Crippen LogP contribution in [0.4, 0.5) is 0 Å². The number of benzene rings is 1. The van der Waals surface area contributed by atoms with Gasteiger partial charge in [0.05, 0.1) is 0 Å². The Morgan fingerprint density at radius 3 is 2.95 bits per heavy atom. The second kappa shape index (κ2) is 6.01. The van der Waals surface area contributed by atoms with Crippen molar-refractivity contribution in [3.05, 3.63) is 30.3 Å². The summed E-state index contributed by atoms with van der Waals surface area (Å²) in [6.45, 7) is 4.59. The Kier molecular flexibility index (Phi) is 3.92. The molecule has 0 saturated carbocycles. The third-order valence-corrected chi connectivity index (χ3v) is 3.67. The van der Waals surface area contributed by atoms with Crippen molar-refractivity contribution in [3.63, 3.8) is 0 Å². The highest BCUT2D eigenvalue weighted by Gasteiger charge is 2.24. The van der Waals surface area contributed by atoms with E-state index in [9.17, 15) is 4.79 Å². The summed E-state index contributed by atoms with van der Waals surface area (Å²) in [5, 5.41) is 14.9. The summed E-state index contributed by atoms with van der Waals surface area (Å²) in [4.78, 5) is 14.3. The summed E-state index contributed by atoms with van der Waals surface area (Å²) in [6, 6.07) is 9.84. The summed E-state index contributed by atoms with van der Waals surface area (Å²) in [7, 11) is 0. The van der Waals surface area contributed by atoms with Crippen LogP contribution in [0.15, 0.2) is 30.3 Å². The smallest absolute Gasteiger partial charge is 0.244 e. The predicted octanol–water partition coefficient (Wildman–Crippen LogP) is 0.160. The molecular formula is C14H18N6O. The van der Waals surface area contributed by atoms with E-state index in [0.717, 1.165) is 25.2 Å². The van der Waals surface area contributed by atoms with E-state index in [2.05, 4.69) is 20.8 Å². The van der Waals surface area contributed by atoms with Gasteiger partial charge in [0.15, 0.2) is 5.82 Å². The number of carbonyl (C=O) groups excluding carboxylic acids is 1. The molecule has 0 aliphatic carbocycles. The van der Waals surface area contributed by atoms with Crippen LogP contribution in [0.2, 0.25) is 0 Å². The van der Waals surface area contributed by atoms with E-state index in [-0.39, 0.29) is 18.5 Å². The van der Waals surface area contributed by atoms with Crippen LogP contribution in [0, 0.1) is 0 Å². The van der Waals surface area contributed by atoms with Gasteiger partial charge in [-0.1, -0.05) is 30.3 Å². The lowest BCUT2D eigenvalue weighted by Gasteiger charge is -2.33. The zero-order chi connectivity index (χ0) is 14.7. The first-order chi connectivity index (χ1) is 10.3. The molecule has 1 fully saturated rings. The Balaban J connectivity index is 1.77. The highest BCUT2D eigenvalue weighted by Crippen LogP contribution is 2.15. The molecule has 1 aliphatic heterocycles. The van der Waals surface area contributed by atoms with Crippen molar-refractivity contribution in [1.29, 1.82) is 0 Å². The van der Waals surface area contributed by atoms with E-state index in [0.29, 0.717) is 5.82 Å². The van der Waals surface area contributed by atoms with E-state index in [1.54, 1.807) is 4.68 Å². The molecule has 0 radical (unpaired) electrons. The number of amides is 1.